The first-order valence-electron chi connectivity index (χ1n) is 7.32. The second kappa shape index (κ2) is 8.89. The average molecular weight is 315 g/mol. The van der Waals surface area contributed by atoms with Gasteiger partial charge in [0.15, 0.2) is 11.5 Å². The molecular weight excluding hydrogens is 290 g/mol. The molecular formula is C15H25NO4S. The summed E-state index contributed by atoms with van der Waals surface area (Å²) in [6, 6.07) is 5.71. The molecule has 0 radical (unpaired) electrons. The molecule has 0 fully saturated rings. The maximum atomic E-state index is 11.5. The minimum Gasteiger partial charge on any atom is -0.490 e. The van der Waals surface area contributed by atoms with Crippen molar-refractivity contribution in [3.63, 3.8) is 0 Å². The molecule has 1 rings (SSSR count). The van der Waals surface area contributed by atoms with Gasteiger partial charge in [0.25, 0.3) is 0 Å². The van der Waals surface area contributed by atoms with E-state index in [-0.39, 0.29) is 11.5 Å². The highest BCUT2D eigenvalue weighted by atomic mass is 32.2. The number of benzene rings is 1. The average Bonchev–Trinajstić information content (AvgIpc) is 2.46. The molecule has 0 aliphatic heterocycles. The maximum Gasteiger partial charge on any atom is 0.164 e. The predicted molar refractivity (Wildman–Crippen MR) is 84.8 cm³/mol. The second-order valence-corrected chi connectivity index (χ2v) is 7.13. The number of ether oxygens (including phenoxy) is 2. The van der Waals surface area contributed by atoms with E-state index in [1.165, 1.54) is 0 Å². The molecule has 0 atom stereocenters. The quantitative estimate of drug-likeness (QED) is 0.666. The highest BCUT2D eigenvalue weighted by Crippen LogP contribution is 2.31. The van der Waals surface area contributed by atoms with Gasteiger partial charge in [0, 0.05) is 5.75 Å². The molecule has 1 aromatic carbocycles. The first-order valence-corrected chi connectivity index (χ1v) is 9.14. The molecule has 0 saturated heterocycles. The van der Waals surface area contributed by atoms with E-state index in [1.807, 2.05) is 25.1 Å². The van der Waals surface area contributed by atoms with E-state index in [2.05, 4.69) is 0 Å². The van der Waals surface area contributed by atoms with Gasteiger partial charge in [-0.15, -0.1) is 0 Å². The van der Waals surface area contributed by atoms with Crippen LogP contribution in [0.2, 0.25) is 0 Å². The molecule has 0 spiro atoms. The van der Waals surface area contributed by atoms with Crippen LogP contribution in [0.25, 0.3) is 0 Å². The summed E-state index contributed by atoms with van der Waals surface area (Å²) in [5.74, 6) is 1.67. The molecule has 0 aliphatic rings. The molecule has 0 aliphatic carbocycles. The summed E-state index contributed by atoms with van der Waals surface area (Å²) >= 11 is 0. The lowest BCUT2D eigenvalue weighted by atomic mass is 10.1. The third-order valence-electron chi connectivity index (χ3n) is 3.06. The monoisotopic (exact) mass is 315 g/mol. The van der Waals surface area contributed by atoms with Crippen LogP contribution in [0.5, 0.6) is 11.5 Å². The Morgan fingerprint density at radius 3 is 2.57 bits per heavy atom. The summed E-state index contributed by atoms with van der Waals surface area (Å²) in [6.07, 6.45) is 1.17. The number of nitrogens with two attached hydrogens (primary N) is 1. The van der Waals surface area contributed by atoms with Gasteiger partial charge >= 0.3 is 0 Å². The minimum atomic E-state index is -2.95. The van der Waals surface area contributed by atoms with E-state index in [0.717, 1.165) is 5.56 Å². The van der Waals surface area contributed by atoms with Crippen molar-refractivity contribution in [3.05, 3.63) is 23.8 Å². The third kappa shape index (κ3) is 5.93. The van der Waals surface area contributed by atoms with Crippen LogP contribution in [-0.2, 0) is 16.3 Å². The summed E-state index contributed by atoms with van der Waals surface area (Å²) in [4.78, 5) is 0. The van der Waals surface area contributed by atoms with Crippen LogP contribution in [0.4, 0.5) is 0 Å². The van der Waals surface area contributed by atoms with E-state index in [4.69, 9.17) is 15.2 Å². The molecule has 1 aromatic rings. The zero-order valence-corrected chi connectivity index (χ0v) is 13.6. The summed E-state index contributed by atoms with van der Waals surface area (Å²) in [7, 11) is -2.95. The van der Waals surface area contributed by atoms with Crippen molar-refractivity contribution in [1.29, 1.82) is 0 Å². The Hall–Kier alpha value is -1.27. The fraction of sp³-hybridized carbons (Fsp3) is 0.600. The van der Waals surface area contributed by atoms with Gasteiger partial charge in [-0.3, -0.25) is 0 Å². The van der Waals surface area contributed by atoms with Crippen molar-refractivity contribution < 1.29 is 17.9 Å². The third-order valence-corrected chi connectivity index (χ3v) is 4.85. The van der Waals surface area contributed by atoms with Gasteiger partial charge in [0.2, 0.25) is 0 Å². The van der Waals surface area contributed by atoms with Crippen molar-refractivity contribution in [2.24, 2.45) is 5.73 Å². The van der Waals surface area contributed by atoms with Gasteiger partial charge in [-0.05, 0) is 37.9 Å². The Balaban J connectivity index is 2.71. The van der Waals surface area contributed by atoms with E-state index >= 15 is 0 Å². The Bertz CT molecular complexity index is 504. The van der Waals surface area contributed by atoms with Gasteiger partial charge in [-0.1, -0.05) is 19.1 Å². The van der Waals surface area contributed by atoms with E-state index in [1.54, 1.807) is 6.92 Å². The lowest BCUT2D eigenvalue weighted by molar-refractivity contribution is 0.274. The first kappa shape index (κ1) is 17.8. The number of hydrogen-bond acceptors (Lipinski definition) is 5. The summed E-state index contributed by atoms with van der Waals surface area (Å²) in [5, 5.41) is 0. The van der Waals surface area contributed by atoms with Crippen LogP contribution in [0.1, 0.15) is 25.8 Å². The van der Waals surface area contributed by atoms with Crippen molar-refractivity contribution >= 4 is 9.84 Å². The topological polar surface area (TPSA) is 78.6 Å². The second-order valence-electron chi connectivity index (χ2n) is 4.65. The van der Waals surface area contributed by atoms with Crippen LogP contribution < -0.4 is 15.2 Å². The Kier molecular flexibility index (Phi) is 7.53. The van der Waals surface area contributed by atoms with Gasteiger partial charge in [0.05, 0.1) is 19.0 Å². The Morgan fingerprint density at radius 1 is 1.19 bits per heavy atom. The molecule has 0 aromatic heterocycles. The summed E-state index contributed by atoms with van der Waals surface area (Å²) in [5.41, 5.74) is 6.60. The highest BCUT2D eigenvalue weighted by molar-refractivity contribution is 7.91. The normalized spacial score (nSPS) is 11.4. The molecule has 0 amide bonds. The number of sulfone groups is 1. The van der Waals surface area contributed by atoms with E-state index in [9.17, 15) is 8.42 Å². The lowest BCUT2D eigenvalue weighted by Crippen LogP contribution is -2.13. The van der Waals surface area contributed by atoms with E-state index < -0.39 is 9.84 Å². The van der Waals surface area contributed by atoms with Crippen LogP contribution in [0, 0.1) is 0 Å². The van der Waals surface area contributed by atoms with Gasteiger partial charge in [-0.25, -0.2) is 8.42 Å². The largest absolute Gasteiger partial charge is 0.490 e. The maximum absolute atomic E-state index is 11.5. The number of hydrogen-bond donors (Lipinski definition) is 1. The molecule has 0 saturated carbocycles. The van der Waals surface area contributed by atoms with Gasteiger partial charge in [-0.2, -0.15) is 0 Å². The molecule has 2 N–H and O–H groups in total. The van der Waals surface area contributed by atoms with Gasteiger partial charge in [0.1, 0.15) is 9.84 Å². The first-order chi connectivity index (χ1) is 10.0. The highest BCUT2D eigenvalue weighted by Gasteiger charge is 2.12. The van der Waals surface area contributed by atoms with Crippen molar-refractivity contribution in [2.75, 3.05) is 31.3 Å². The smallest absolute Gasteiger partial charge is 0.164 e. The Labute approximate surface area is 127 Å². The molecule has 6 heteroatoms. The molecule has 0 unspecified atom stereocenters. The molecule has 0 bridgehead atoms. The zero-order valence-electron chi connectivity index (χ0n) is 12.8. The molecule has 21 heavy (non-hydrogen) atoms. The van der Waals surface area contributed by atoms with Crippen molar-refractivity contribution in [3.8, 4) is 11.5 Å². The lowest BCUT2D eigenvalue weighted by Gasteiger charge is -2.15. The molecule has 120 valence electrons. The van der Waals surface area contributed by atoms with Crippen molar-refractivity contribution in [1.82, 2.24) is 0 Å². The fourth-order valence-electron chi connectivity index (χ4n) is 1.94. The number of para-hydroxylation sites is 1. The molecule has 0 heterocycles. The van der Waals surface area contributed by atoms with Crippen LogP contribution in [0.15, 0.2) is 18.2 Å². The fourth-order valence-corrected chi connectivity index (χ4v) is 2.79. The zero-order chi connectivity index (χ0) is 15.7. The Morgan fingerprint density at radius 2 is 1.95 bits per heavy atom. The van der Waals surface area contributed by atoms with Crippen LogP contribution in [-0.4, -0.2) is 39.7 Å². The number of rotatable bonds is 10. The SMILES string of the molecule is CCOc1cccc(CCN)c1OCCCS(=O)(=O)CC. The standard InChI is InChI=1S/C15H25NO4S/c1-3-19-14-8-5-7-13(9-10-16)15(14)20-11-6-12-21(17,18)4-2/h5,7-8H,3-4,6,9-12,16H2,1-2H3. The summed E-state index contributed by atoms with van der Waals surface area (Å²) in [6.45, 7) is 4.98. The van der Waals surface area contributed by atoms with Crippen LogP contribution in [0.3, 0.4) is 0 Å². The van der Waals surface area contributed by atoms with Crippen molar-refractivity contribution in [2.45, 2.75) is 26.7 Å². The molecule has 5 nitrogen and oxygen atoms in total. The summed E-state index contributed by atoms with van der Waals surface area (Å²) < 4.78 is 34.2. The van der Waals surface area contributed by atoms with Gasteiger partial charge < -0.3 is 15.2 Å². The van der Waals surface area contributed by atoms with E-state index in [0.29, 0.717) is 44.1 Å². The van der Waals surface area contributed by atoms with Crippen LogP contribution >= 0.6 is 0 Å². The predicted octanol–water partition coefficient (Wildman–Crippen LogP) is 1.79. The minimum absolute atomic E-state index is 0.145.